The van der Waals surface area contributed by atoms with Gasteiger partial charge in [0.15, 0.2) is 0 Å². The van der Waals surface area contributed by atoms with E-state index < -0.39 is 0 Å². The van der Waals surface area contributed by atoms with Crippen molar-refractivity contribution in [3.05, 3.63) is 0 Å². The zero-order valence-electron chi connectivity index (χ0n) is 7.33. The van der Waals surface area contributed by atoms with Gasteiger partial charge in [0.2, 0.25) is 0 Å². The molecule has 0 spiro atoms. The van der Waals surface area contributed by atoms with Crippen molar-refractivity contribution in [1.82, 2.24) is 10.2 Å². The van der Waals surface area contributed by atoms with Crippen molar-refractivity contribution in [3.8, 4) is 0 Å². The Morgan fingerprint density at radius 1 is 1.33 bits per heavy atom. The highest BCUT2D eigenvalue weighted by molar-refractivity contribution is 4.96. The van der Waals surface area contributed by atoms with Gasteiger partial charge in [0.05, 0.1) is 12.7 Å². The summed E-state index contributed by atoms with van der Waals surface area (Å²) >= 11 is 0. The van der Waals surface area contributed by atoms with E-state index in [1.165, 1.54) is 32.5 Å². The second-order valence-electron chi connectivity index (χ2n) is 4.19. The van der Waals surface area contributed by atoms with Crippen LogP contribution in [0, 0.1) is 0 Å². The van der Waals surface area contributed by atoms with Gasteiger partial charge in [-0.1, -0.05) is 0 Å². The van der Waals surface area contributed by atoms with Crippen molar-refractivity contribution >= 4 is 0 Å². The summed E-state index contributed by atoms with van der Waals surface area (Å²) in [5.41, 5.74) is 0. The van der Waals surface area contributed by atoms with Gasteiger partial charge in [-0.2, -0.15) is 0 Å². The monoisotopic (exact) mass is 168 g/mol. The molecule has 0 aromatic rings. The molecule has 3 fully saturated rings. The second-order valence-corrected chi connectivity index (χ2v) is 4.19. The largest absolute Gasteiger partial charge is 0.375 e. The molecule has 3 heteroatoms. The molecular formula is C9H16N2O. The average Bonchev–Trinajstić information content (AvgIpc) is 2.81. The van der Waals surface area contributed by atoms with Gasteiger partial charge in [-0.3, -0.25) is 4.90 Å². The molecule has 0 aromatic carbocycles. The van der Waals surface area contributed by atoms with E-state index in [0.29, 0.717) is 6.10 Å². The van der Waals surface area contributed by atoms with Gasteiger partial charge in [-0.05, 0) is 19.4 Å². The van der Waals surface area contributed by atoms with Crippen molar-refractivity contribution in [2.24, 2.45) is 0 Å². The molecule has 0 aromatic heterocycles. The minimum Gasteiger partial charge on any atom is -0.375 e. The molecule has 3 aliphatic rings. The van der Waals surface area contributed by atoms with Crippen molar-refractivity contribution < 1.29 is 4.74 Å². The van der Waals surface area contributed by atoms with Crippen LogP contribution in [-0.2, 0) is 4.74 Å². The molecule has 3 atom stereocenters. The zero-order valence-corrected chi connectivity index (χ0v) is 7.33. The minimum absolute atomic E-state index is 0.565. The summed E-state index contributed by atoms with van der Waals surface area (Å²) in [6.07, 6.45) is 3.19. The van der Waals surface area contributed by atoms with E-state index in [1.54, 1.807) is 0 Å². The number of nitrogens with zero attached hydrogens (tertiary/aromatic N) is 1. The van der Waals surface area contributed by atoms with Crippen LogP contribution in [0.15, 0.2) is 0 Å². The van der Waals surface area contributed by atoms with Crippen LogP contribution < -0.4 is 5.32 Å². The second kappa shape index (κ2) is 2.69. The fraction of sp³-hybridized carbons (Fsp3) is 1.00. The van der Waals surface area contributed by atoms with Crippen molar-refractivity contribution in [2.45, 2.75) is 31.0 Å². The first-order valence-electron chi connectivity index (χ1n) is 5.01. The van der Waals surface area contributed by atoms with E-state index >= 15 is 0 Å². The molecule has 0 radical (unpaired) electrons. The number of nitrogens with one attached hydrogen (secondary N) is 1. The van der Waals surface area contributed by atoms with Crippen molar-refractivity contribution in [1.29, 1.82) is 0 Å². The van der Waals surface area contributed by atoms with E-state index in [4.69, 9.17) is 4.74 Å². The zero-order chi connectivity index (χ0) is 7.97. The number of ether oxygens (including phenoxy) is 1. The highest BCUT2D eigenvalue weighted by Crippen LogP contribution is 2.30. The van der Waals surface area contributed by atoms with Crippen LogP contribution in [0.4, 0.5) is 0 Å². The third kappa shape index (κ3) is 1.00. The lowest BCUT2D eigenvalue weighted by Crippen LogP contribution is -2.45. The van der Waals surface area contributed by atoms with E-state index in [2.05, 4.69) is 10.2 Å². The Kier molecular flexibility index (Phi) is 1.63. The Morgan fingerprint density at radius 3 is 2.92 bits per heavy atom. The quantitative estimate of drug-likeness (QED) is 0.588. The highest BCUT2D eigenvalue weighted by Gasteiger charge is 2.42. The molecule has 0 unspecified atom stereocenters. The summed E-state index contributed by atoms with van der Waals surface area (Å²) in [6.45, 7) is 4.58. The molecule has 12 heavy (non-hydrogen) atoms. The minimum atomic E-state index is 0.565. The van der Waals surface area contributed by atoms with Crippen LogP contribution >= 0.6 is 0 Å². The van der Waals surface area contributed by atoms with E-state index in [0.717, 1.165) is 18.7 Å². The number of rotatable bonds is 1. The van der Waals surface area contributed by atoms with Gasteiger partial charge in [0.1, 0.15) is 0 Å². The van der Waals surface area contributed by atoms with E-state index in [9.17, 15) is 0 Å². The highest BCUT2D eigenvalue weighted by atomic mass is 16.5. The molecule has 3 heterocycles. The van der Waals surface area contributed by atoms with Crippen LogP contribution in [0.25, 0.3) is 0 Å². The first-order valence-corrected chi connectivity index (χ1v) is 5.01. The molecule has 3 rings (SSSR count). The molecular weight excluding hydrogens is 152 g/mol. The summed E-state index contributed by atoms with van der Waals surface area (Å²) in [6, 6.07) is 1.56. The van der Waals surface area contributed by atoms with Crippen LogP contribution in [0.3, 0.4) is 0 Å². The Hall–Kier alpha value is -0.120. The number of hydrogen-bond acceptors (Lipinski definition) is 3. The number of fused-ring (bicyclic) bond motifs is 2. The first-order chi connectivity index (χ1) is 5.93. The van der Waals surface area contributed by atoms with Gasteiger partial charge < -0.3 is 10.1 Å². The lowest BCUT2D eigenvalue weighted by molar-refractivity contribution is 0.0150. The molecule has 2 bridgehead atoms. The van der Waals surface area contributed by atoms with Crippen molar-refractivity contribution in [2.75, 3.05) is 26.2 Å². The Bertz CT molecular complexity index is 179. The SMILES string of the molecule is C1C[C@@H](N2C[C@@H]3C[C@H]2CO3)CN1. The van der Waals surface area contributed by atoms with Gasteiger partial charge in [0.25, 0.3) is 0 Å². The number of hydrogen-bond donors (Lipinski definition) is 1. The van der Waals surface area contributed by atoms with Gasteiger partial charge in [-0.15, -0.1) is 0 Å². The van der Waals surface area contributed by atoms with Crippen molar-refractivity contribution in [3.63, 3.8) is 0 Å². The first kappa shape index (κ1) is 7.30. The third-order valence-corrected chi connectivity index (χ3v) is 3.45. The molecule has 68 valence electrons. The lowest BCUT2D eigenvalue weighted by atomic mass is 10.2. The maximum absolute atomic E-state index is 5.58. The van der Waals surface area contributed by atoms with Crippen LogP contribution in [0.1, 0.15) is 12.8 Å². The van der Waals surface area contributed by atoms with E-state index in [1.807, 2.05) is 0 Å². The van der Waals surface area contributed by atoms with E-state index in [-0.39, 0.29) is 0 Å². The average molecular weight is 168 g/mol. The van der Waals surface area contributed by atoms with Crippen LogP contribution in [0.5, 0.6) is 0 Å². The molecule has 1 N–H and O–H groups in total. The number of likely N-dealkylation sites (tertiary alicyclic amines) is 1. The van der Waals surface area contributed by atoms with Gasteiger partial charge >= 0.3 is 0 Å². The summed E-state index contributed by atoms with van der Waals surface area (Å²) in [5, 5.41) is 3.43. The normalized spacial score (nSPS) is 47.5. The molecule has 0 saturated carbocycles. The molecule has 0 amide bonds. The molecule has 3 aliphatic heterocycles. The predicted molar refractivity (Wildman–Crippen MR) is 46.1 cm³/mol. The summed E-state index contributed by atoms with van der Waals surface area (Å²) in [5.74, 6) is 0. The maximum Gasteiger partial charge on any atom is 0.0718 e. The summed E-state index contributed by atoms with van der Waals surface area (Å²) in [4.78, 5) is 2.66. The fourth-order valence-corrected chi connectivity index (χ4v) is 2.80. The maximum atomic E-state index is 5.58. The number of morpholine rings is 1. The summed E-state index contributed by atoms with van der Waals surface area (Å²) in [7, 11) is 0. The fourth-order valence-electron chi connectivity index (χ4n) is 2.80. The standard InChI is InChI=1S/C9H16N2O/c1-2-10-4-7(1)11-5-9-3-8(11)6-12-9/h7-10H,1-6H2/t7-,8+,9+/m1/s1. The molecule has 3 nitrogen and oxygen atoms in total. The third-order valence-electron chi connectivity index (χ3n) is 3.45. The van der Waals surface area contributed by atoms with Gasteiger partial charge in [-0.25, -0.2) is 0 Å². The Morgan fingerprint density at radius 2 is 2.33 bits per heavy atom. The Labute approximate surface area is 73.1 Å². The smallest absolute Gasteiger partial charge is 0.0718 e. The molecule has 3 saturated heterocycles. The summed E-state index contributed by atoms with van der Waals surface area (Å²) < 4.78 is 5.58. The van der Waals surface area contributed by atoms with Crippen LogP contribution in [-0.4, -0.2) is 49.3 Å². The lowest BCUT2D eigenvalue weighted by Gasteiger charge is -2.31. The van der Waals surface area contributed by atoms with Crippen LogP contribution in [0.2, 0.25) is 0 Å². The Balaban J connectivity index is 1.69. The topological polar surface area (TPSA) is 24.5 Å². The van der Waals surface area contributed by atoms with Gasteiger partial charge in [0, 0.05) is 25.2 Å². The predicted octanol–water partition coefficient (Wildman–Crippen LogP) is -0.179. The molecule has 0 aliphatic carbocycles.